The Morgan fingerprint density at radius 3 is 2.41 bits per heavy atom. The molecular weight excluding hydrogens is 608 g/mol. The number of anilines is 1. The fraction of sp³-hybridized carbons (Fsp3) is 0.371. The summed E-state index contributed by atoms with van der Waals surface area (Å²) in [5, 5.41) is 11.7. The van der Waals surface area contributed by atoms with Gasteiger partial charge in [-0.15, -0.1) is 0 Å². The van der Waals surface area contributed by atoms with E-state index in [-0.39, 0.29) is 27.9 Å². The van der Waals surface area contributed by atoms with Crippen molar-refractivity contribution in [3.63, 3.8) is 0 Å². The molecular formula is C35H40N2O8S. The minimum atomic E-state index is -1.09. The zero-order valence-electron chi connectivity index (χ0n) is 26.7. The first-order valence-corrected chi connectivity index (χ1v) is 16.2. The molecule has 0 unspecified atom stereocenters. The number of hydrogen-bond acceptors (Lipinski definition) is 10. The molecule has 1 fully saturated rings. The van der Waals surface area contributed by atoms with Gasteiger partial charge in [0.05, 0.1) is 37.6 Å². The van der Waals surface area contributed by atoms with Gasteiger partial charge < -0.3 is 24.1 Å². The number of thiazole rings is 1. The lowest BCUT2D eigenvalue weighted by atomic mass is 9.95. The summed E-state index contributed by atoms with van der Waals surface area (Å²) >= 11 is 0.925. The SMILES string of the molecule is C=CCOC(=O)c1sc(N2C(=O)C(=O)C(=C(O)c3ccc(OCCCC)cc3)[C@H]2c2ccc(OCCCCC)c(OC)c2)nc1C. The van der Waals surface area contributed by atoms with E-state index in [1.54, 1.807) is 49.4 Å². The van der Waals surface area contributed by atoms with Crippen molar-refractivity contribution in [1.29, 1.82) is 0 Å². The zero-order valence-corrected chi connectivity index (χ0v) is 27.5. The molecule has 0 radical (unpaired) electrons. The number of benzene rings is 2. The van der Waals surface area contributed by atoms with Gasteiger partial charge >= 0.3 is 11.9 Å². The maximum absolute atomic E-state index is 13.7. The third-order valence-electron chi connectivity index (χ3n) is 7.36. The first-order valence-electron chi connectivity index (χ1n) is 15.4. The Labute approximate surface area is 273 Å². The fourth-order valence-electron chi connectivity index (χ4n) is 4.93. The number of aryl methyl sites for hydroxylation is 1. The van der Waals surface area contributed by atoms with Crippen molar-refractivity contribution in [1.82, 2.24) is 4.98 Å². The van der Waals surface area contributed by atoms with Crippen molar-refractivity contribution in [2.24, 2.45) is 0 Å². The molecule has 2 aromatic carbocycles. The fourth-order valence-corrected chi connectivity index (χ4v) is 5.91. The molecule has 2 heterocycles. The van der Waals surface area contributed by atoms with E-state index in [0.717, 1.165) is 43.4 Å². The first kappa shape index (κ1) is 34.2. The number of aliphatic hydroxyl groups is 1. The topological polar surface area (TPSA) is 124 Å². The molecule has 46 heavy (non-hydrogen) atoms. The van der Waals surface area contributed by atoms with E-state index in [4.69, 9.17) is 18.9 Å². The Balaban J connectivity index is 1.81. The minimum absolute atomic E-state index is 0.00507. The van der Waals surface area contributed by atoms with Crippen molar-refractivity contribution >= 4 is 39.9 Å². The highest BCUT2D eigenvalue weighted by atomic mass is 32.1. The molecule has 10 nitrogen and oxygen atoms in total. The van der Waals surface area contributed by atoms with E-state index < -0.39 is 23.7 Å². The van der Waals surface area contributed by atoms with Crippen LogP contribution in [0.1, 0.15) is 78.5 Å². The number of amides is 1. The molecule has 244 valence electrons. The van der Waals surface area contributed by atoms with Crippen LogP contribution in [0.25, 0.3) is 5.76 Å². The summed E-state index contributed by atoms with van der Waals surface area (Å²) in [6.07, 6.45) is 6.30. The summed E-state index contributed by atoms with van der Waals surface area (Å²) in [6, 6.07) is 10.7. The van der Waals surface area contributed by atoms with Crippen molar-refractivity contribution in [3.8, 4) is 17.2 Å². The number of ketones is 1. The van der Waals surface area contributed by atoms with Crippen LogP contribution in [0.3, 0.4) is 0 Å². The minimum Gasteiger partial charge on any atom is -0.507 e. The molecule has 1 aliphatic rings. The van der Waals surface area contributed by atoms with Crippen LogP contribution in [0.5, 0.6) is 17.2 Å². The molecule has 1 saturated heterocycles. The number of ether oxygens (including phenoxy) is 4. The van der Waals surface area contributed by atoms with Gasteiger partial charge in [-0.2, -0.15) is 0 Å². The van der Waals surface area contributed by atoms with Crippen LogP contribution in [0, 0.1) is 6.92 Å². The van der Waals surface area contributed by atoms with Gasteiger partial charge in [-0.05, 0) is 61.7 Å². The number of nitrogens with zero attached hydrogens (tertiary/aromatic N) is 2. The number of esters is 1. The molecule has 0 saturated carbocycles. The number of carbonyl (C=O) groups is 3. The van der Waals surface area contributed by atoms with E-state index >= 15 is 0 Å². The lowest BCUT2D eigenvalue weighted by Crippen LogP contribution is -2.29. The molecule has 1 atom stereocenters. The second kappa shape index (κ2) is 16.1. The Bertz CT molecular complexity index is 1590. The maximum atomic E-state index is 13.7. The Morgan fingerprint density at radius 1 is 1.02 bits per heavy atom. The molecule has 0 bridgehead atoms. The molecule has 1 amide bonds. The smallest absolute Gasteiger partial charge is 0.350 e. The van der Waals surface area contributed by atoms with Crippen LogP contribution in [-0.4, -0.2) is 54.7 Å². The van der Waals surface area contributed by atoms with E-state index in [1.807, 2.05) is 0 Å². The molecule has 1 N–H and O–H groups in total. The van der Waals surface area contributed by atoms with Crippen LogP contribution in [0.2, 0.25) is 0 Å². The van der Waals surface area contributed by atoms with E-state index in [1.165, 1.54) is 18.1 Å². The molecule has 3 aromatic rings. The van der Waals surface area contributed by atoms with Crippen LogP contribution in [-0.2, 0) is 14.3 Å². The average Bonchev–Trinajstić information content (AvgIpc) is 3.57. The van der Waals surface area contributed by atoms with Gasteiger partial charge in [0.25, 0.3) is 5.78 Å². The number of aliphatic hydroxyl groups excluding tert-OH is 1. The summed E-state index contributed by atoms with van der Waals surface area (Å²) in [5.41, 5.74) is 1.01. The second-order valence-electron chi connectivity index (χ2n) is 10.7. The summed E-state index contributed by atoms with van der Waals surface area (Å²) in [5.74, 6) is -1.24. The number of hydrogen-bond donors (Lipinski definition) is 1. The Morgan fingerprint density at radius 2 is 1.74 bits per heavy atom. The van der Waals surface area contributed by atoms with Gasteiger partial charge in [0, 0.05) is 5.56 Å². The number of aromatic nitrogens is 1. The molecule has 0 spiro atoms. The van der Waals surface area contributed by atoms with Crippen molar-refractivity contribution < 1.29 is 38.4 Å². The van der Waals surface area contributed by atoms with Crippen LogP contribution in [0.15, 0.2) is 60.7 Å². The summed E-state index contributed by atoms with van der Waals surface area (Å²) in [7, 11) is 1.50. The van der Waals surface area contributed by atoms with E-state index in [0.29, 0.717) is 47.3 Å². The predicted octanol–water partition coefficient (Wildman–Crippen LogP) is 7.18. The number of methoxy groups -OCH3 is 1. The number of Topliss-reactive ketones (excluding diaryl/α,β-unsaturated/α-hetero) is 1. The van der Waals surface area contributed by atoms with Gasteiger partial charge in [0.1, 0.15) is 23.0 Å². The summed E-state index contributed by atoms with van der Waals surface area (Å²) in [6.45, 7) is 10.4. The molecule has 0 aliphatic carbocycles. The highest BCUT2D eigenvalue weighted by molar-refractivity contribution is 7.17. The van der Waals surface area contributed by atoms with Crippen molar-refractivity contribution in [3.05, 3.63) is 82.4 Å². The van der Waals surface area contributed by atoms with Gasteiger partial charge in [-0.1, -0.05) is 63.2 Å². The lowest BCUT2D eigenvalue weighted by Gasteiger charge is -2.24. The predicted molar refractivity (Wildman–Crippen MR) is 177 cm³/mol. The van der Waals surface area contributed by atoms with Crippen molar-refractivity contribution in [2.75, 3.05) is 31.8 Å². The van der Waals surface area contributed by atoms with Crippen LogP contribution >= 0.6 is 11.3 Å². The third kappa shape index (κ3) is 7.59. The first-order chi connectivity index (χ1) is 22.2. The van der Waals surface area contributed by atoms with E-state index in [9.17, 15) is 19.5 Å². The van der Waals surface area contributed by atoms with Crippen molar-refractivity contribution in [2.45, 2.75) is 58.9 Å². The van der Waals surface area contributed by atoms with E-state index in [2.05, 4.69) is 25.4 Å². The zero-order chi connectivity index (χ0) is 33.2. The molecule has 1 aliphatic heterocycles. The Kier molecular flexibility index (Phi) is 12.0. The normalized spacial score (nSPS) is 15.6. The largest absolute Gasteiger partial charge is 0.507 e. The average molecular weight is 649 g/mol. The third-order valence-corrected chi connectivity index (χ3v) is 8.49. The maximum Gasteiger partial charge on any atom is 0.350 e. The van der Waals surface area contributed by atoms with Gasteiger partial charge in [0.15, 0.2) is 16.6 Å². The molecule has 11 heteroatoms. The number of carbonyl (C=O) groups excluding carboxylic acids is 3. The molecule has 1 aromatic heterocycles. The van der Waals surface area contributed by atoms with Crippen LogP contribution < -0.4 is 19.1 Å². The highest BCUT2D eigenvalue weighted by Gasteiger charge is 2.48. The monoisotopic (exact) mass is 648 g/mol. The quantitative estimate of drug-likeness (QED) is 0.0430. The van der Waals surface area contributed by atoms with Crippen LogP contribution in [0.4, 0.5) is 5.13 Å². The van der Waals surface area contributed by atoms with Gasteiger partial charge in [0.2, 0.25) is 0 Å². The molecule has 4 rings (SSSR count). The summed E-state index contributed by atoms with van der Waals surface area (Å²) in [4.78, 5) is 46.0. The lowest BCUT2D eigenvalue weighted by molar-refractivity contribution is -0.132. The van der Waals surface area contributed by atoms with Gasteiger partial charge in [-0.3, -0.25) is 14.5 Å². The second-order valence-corrected chi connectivity index (χ2v) is 11.6. The standard InChI is InChI=1S/C35H40N2O8S/c1-6-9-11-20-44-26-17-14-24(21-27(26)42-5)29-28(30(38)23-12-15-25(16-13-23)43-19-10-7-2)31(39)33(40)37(29)35-36-22(4)32(46-35)34(41)45-18-8-3/h8,12-17,21,29,38H,3,6-7,9-11,18-20H2,1-2,4-5H3/t29-/m1/s1. The number of unbranched alkanes of at least 4 members (excludes halogenated alkanes) is 3. The number of rotatable bonds is 16. The Hall–Kier alpha value is -4.64. The van der Waals surface area contributed by atoms with Gasteiger partial charge in [-0.25, -0.2) is 9.78 Å². The summed E-state index contributed by atoms with van der Waals surface area (Å²) < 4.78 is 22.5. The highest BCUT2D eigenvalue weighted by Crippen LogP contribution is 2.45.